The molecule has 19 heavy (non-hydrogen) atoms. The van der Waals surface area contributed by atoms with Gasteiger partial charge in [-0.2, -0.15) is 4.31 Å². The Labute approximate surface area is 115 Å². The van der Waals surface area contributed by atoms with E-state index in [-0.39, 0.29) is 0 Å². The summed E-state index contributed by atoms with van der Waals surface area (Å²) in [6, 6.07) is 5.07. The van der Waals surface area contributed by atoms with E-state index in [1.54, 1.807) is 22.5 Å². The maximum absolute atomic E-state index is 12.7. The summed E-state index contributed by atoms with van der Waals surface area (Å²) in [6.45, 7) is 5.03. The van der Waals surface area contributed by atoms with Crippen molar-refractivity contribution in [1.29, 1.82) is 0 Å². The molecule has 0 amide bonds. The van der Waals surface area contributed by atoms with Crippen molar-refractivity contribution in [2.45, 2.75) is 38.0 Å². The lowest BCUT2D eigenvalue weighted by molar-refractivity contribution is 0.395. The summed E-state index contributed by atoms with van der Waals surface area (Å²) >= 11 is 0. The van der Waals surface area contributed by atoms with Gasteiger partial charge < -0.3 is 5.73 Å². The molecule has 1 fully saturated rings. The summed E-state index contributed by atoms with van der Waals surface area (Å²) in [7, 11) is -3.42. The second kappa shape index (κ2) is 5.51. The minimum absolute atomic E-state index is 0.349. The number of hydrogen-bond acceptors (Lipinski definition) is 3. The Morgan fingerprint density at radius 2 is 2.05 bits per heavy atom. The number of rotatable bonds is 6. The van der Waals surface area contributed by atoms with Crippen molar-refractivity contribution in [3.63, 3.8) is 0 Å². The van der Waals surface area contributed by atoms with E-state index in [2.05, 4.69) is 0 Å². The molecule has 0 saturated heterocycles. The van der Waals surface area contributed by atoms with Crippen LogP contribution in [0.15, 0.2) is 23.1 Å². The molecule has 2 rings (SSSR count). The maximum atomic E-state index is 12.7. The molecule has 0 atom stereocenters. The number of sulfonamides is 1. The SMILES string of the molecule is CCCN(CC1CC1)S(=O)(=O)c1cc(N)ccc1C. The Hall–Kier alpha value is -1.07. The number of nitrogen functional groups attached to an aromatic ring is 1. The van der Waals surface area contributed by atoms with Crippen LogP contribution >= 0.6 is 0 Å². The summed E-state index contributed by atoms with van der Waals surface area (Å²) in [4.78, 5) is 0.349. The van der Waals surface area contributed by atoms with Crippen LogP contribution in [-0.4, -0.2) is 25.8 Å². The van der Waals surface area contributed by atoms with Crippen LogP contribution < -0.4 is 5.73 Å². The van der Waals surface area contributed by atoms with E-state index in [0.717, 1.165) is 24.8 Å². The van der Waals surface area contributed by atoms with Crippen LogP contribution in [0.3, 0.4) is 0 Å². The molecule has 0 spiro atoms. The van der Waals surface area contributed by atoms with Crippen molar-refractivity contribution < 1.29 is 8.42 Å². The van der Waals surface area contributed by atoms with E-state index in [1.165, 1.54) is 0 Å². The summed E-state index contributed by atoms with van der Waals surface area (Å²) in [5, 5.41) is 0. The van der Waals surface area contributed by atoms with Crippen LogP contribution in [0, 0.1) is 12.8 Å². The average Bonchev–Trinajstić information content (AvgIpc) is 3.15. The Morgan fingerprint density at radius 3 is 2.63 bits per heavy atom. The highest BCUT2D eigenvalue weighted by Gasteiger charge is 2.31. The van der Waals surface area contributed by atoms with Crippen LogP contribution in [-0.2, 0) is 10.0 Å². The smallest absolute Gasteiger partial charge is 0.243 e. The predicted molar refractivity (Wildman–Crippen MR) is 77.4 cm³/mol. The Kier molecular flexibility index (Phi) is 4.16. The predicted octanol–water partition coefficient (Wildman–Crippen LogP) is 2.39. The fraction of sp³-hybridized carbons (Fsp3) is 0.571. The van der Waals surface area contributed by atoms with Crippen LogP contribution in [0.5, 0.6) is 0 Å². The van der Waals surface area contributed by atoms with E-state index >= 15 is 0 Å². The minimum Gasteiger partial charge on any atom is -0.399 e. The second-order valence-electron chi connectivity index (χ2n) is 5.33. The van der Waals surface area contributed by atoms with Gasteiger partial charge in [0.25, 0.3) is 0 Å². The number of nitrogens with zero attached hydrogens (tertiary/aromatic N) is 1. The van der Waals surface area contributed by atoms with Gasteiger partial charge in [-0.25, -0.2) is 8.42 Å². The summed E-state index contributed by atoms with van der Waals surface area (Å²) in [5.74, 6) is 0.544. The topological polar surface area (TPSA) is 63.4 Å². The second-order valence-corrected chi connectivity index (χ2v) is 7.24. The van der Waals surface area contributed by atoms with Crippen LogP contribution in [0.1, 0.15) is 31.7 Å². The maximum Gasteiger partial charge on any atom is 0.243 e. The highest BCUT2D eigenvalue weighted by atomic mass is 32.2. The first-order valence-electron chi connectivity index (χ1n) is 6.81. The van der Waals surface area contributed by atoms with Gasteiger partial charge in [0.2, 0.25) is 10.0 Å². The molecule has 0 aromatic heterocycles. The average molecular weight is 282 g/mol. The molecule has 0 unspecified atom stereocenters. The molecule has 4 nitrogen and oxygen atoms in total. The number of aryl methyl sites for hydroxylation is 1. The zero-order valence-corrected chi connectivity index (χ0v) is 12.4. The number of nitrogens with two attached hydrogens (primary N) is 1. The lowest BCUT2D eigenvalue weighted by Gasteiger charge is -2.22. The summed E-state index contributed by atoms with van der Waals surface area (Å²) in [5.41, 5.74) is 6.98. The molecule has 0 radical (unpaired) electrons. The largest absolute Gasteiger partial charge is 0.399 e. The molecule has 1 aromatic carbocycles. The van der Waals surface area contributed by atoms with E-state index in [9.17, 15) is 8.42 Å². The third kappa shape index (κ3) is 3.28. The van der Waals surface area contributed by atoms with Crippen LogP contribution in [0.4, 0.5) is 5.69 Å². The molecular weight excluding hydrogens is 260 g/mol. The minimum atomic E-state index is -3.42. The highest BCUT2D eigenvalue weighted by Crippen LogP contribution is 2.32. The molecule has 0 aliphatic heterocycles. The molecule has 0 heterocycles. The molecule has 106 valence electrons. The van der Waals surface area contributed by atoms with Crippen molar-refractivity contribution >= 4 is 15.7 Å². The first-order valence-corrected chi connectivity index (χ1v) is 8.25. The lowest BCUT2D eigenvalue weighted by atomic mass is 10.2. The van der Waals surface area contributed by atoms with Gasteiger partial charge in [-0.15, -0.1) is 0 Å². The third-order valence-corrected chi connectivity index (χ3v) is 5.47. The molecule has 1 aliphatic carbocycles. The Balaban J connectivity index is 2.34. The summed E-state index contributed by atoms with van der Waals surface area (Å²) < 4.78 is 27.1. The fourth-order valence-electron chi connectivity index (χ4n) is 2.18. The number of hydrogen-bond donors (Lipinski definition) is 1. The van der Waals surface area contributed by atoms with Crippen molar-refractivity contribution in [3.8, 4) is 0 Å². The first kappa shape index (κ1) is 14.3. The van der Waals surface area contributed by atoms with Crippen LogP contribution in [0.25, 0.3) is 0 Å². The molecule has 1 saturated carbocycles. The van der Waals surface area contributed by atoms with E-state index in [4.69, 9.17) is 5.73 Å². The zero-order chi connectivity index (χ0) is 14.0. The highest BCUT2D eigenvalue weighted by molar-refractivity contribution is 7.89. The van der Waals surface area contributed by atoms with Crippen molar-refractivity contribution in [3.05, 3.63) is 23.8 Å². The van der Waals surface area contributed by atoms with Gasteiger partial charge in [-0.1, -0.05) is 13.0 Å². The van der Waals surface area contributed by atoms with Gasteiger partial charge in [0, 0.05) is 18.8 Å². The van der Waals surface area contributed by atoms with Gasteiger partial charge in [-0.3, -0.25) is 0 Å². The van der Waals surface area contributed by atoms with Crippen molar-refractivity contribution in [1.82, 2.24) is 4.31 Å². The molecule has 1 aliphatic rings. The van der Waals surface area contributed by atoms with E-state index < -0.39 is 10.0 Å². The number of anilines is 1. The normalized spacial score (nSPS) is 15.9. The summed E-state index contributed by atoms with van der Waals surface area (Å²) in [6.07, 6.45) is 3.12. The van der Waals surface area contributed by atoms with E-state index in [1.807, 2.05) is 13.8 Å². The van der Waals surface area contributed by atoms with Crippen LogP contribution in [0.2, 0.25) is 0 Å². The van der Waals surface area contributed by atoms with Crippen molar-refractivity contribution in [2.24, 2.45) is 5.92 Å². The zero-order valence-electron chi connectivity index (χ0n) is 11.6. The van der Waals surface area contributed by atoms with Gasteiger partial charge >= 0.3 is 0 Å². The Morgan fingerprint density at radius 1 is 1.37 bits per heavy atom. The standard InChI is InChI=1S/C14H22N2O2S/c1-3-8-16(10-12-5-6-12)19(17,18)14-9-13(15)7-4-11(14)2/h4,7,9,12H,3,5-6,8,10,15H2,1-2H3. The lowest BCUT2D eigenvalue weighted by Crippen LogP contribution is -2.34. The Bertz CT molecular complexity index is 551. The van der Waals surface area contributed by atoms with E-state index in [0.29, 0.717) is 29.6 Å². The molecule has 1 aromatic rings. The monoisotopic (exact) mass is 282 g/mol. The molecular formula is C14H22N2O2S. The third-order valence-electron chi connectivity index (χ3n) is 3.46. The number of benzene rings is 1. The van der Waals surface area contributed by atoms with Gasteiger partial charge in [0.1, 0.15) is 0 Å². The molecule has 2 N–H and O–H groups in total. The van der Waals surface area contributed by atoms with Crippen molar-refractivity contribution in [2.75, 3.05) is 18.8 Å². The molecule has 5 heteroatoms. The molecule has 0 bridgehead atoms. The van der Waals surface area contributed by atoms with Gasteiger partial charge in [0.15, 0.2) is 0 Å². The van der Waals surface area contributed by atoms with Gasteiger partial charge in [0.05, 0.1) is 4.90 Å². The quantitative estimate of drug-likeness (QED) is 0.815. The first-order chi connectivity index (χ1) is 8.95. The van der Waals surface area contributed by atoms with Gasteiger partial charge in [-0.05, 0) is 49.8 Å². The fourth-order valence-corrected chi connectivity index (χ4v) is 4.05.